The average Bonchev–Trinajstić information content (AvgIpc) is 3.20. The van der Waals surface area contributed by atoms with Crippen molar-refractivity contribution < 1.29 is 41.1 Å². The van der Waals surface area contributed by atoms with Crippen LogP contribution in [0, 0.1) is 13.8 Å². The number of nitrogens with one attached hydrogen (secondary N) is 5. The fourth-order valence-electron chi connectivity index (χ4n) is 5.93. The number of urea groups is 2. The number of benzene rings is 4. The molecule has 0 aromatic heterocycles. The largest absolute Gasteiger partial charge is 0.478 e. The van der Waals surface area contributed by atoms with Crippen molar-refractivity contribution in [1.29, 1.82) is 0 Å². The van der Waals surface area contributed by atoms with E-state index in [1.54, 1.807) is 4.90 Å². The van der Waals surface area contributed by atoms with E-state index in [0.29, 0.717) is 37.5 Å². The summed E-state index contributed by atoms with van der Waals surface area (Å²) in [6.07, 6.45) is 3.28. The van der Waals surface area contributed by atoms with Gasteiger partial charge in [-0.1, -0.05) is 35.4 Å². The normalized spacial score (nSPS) is 14.6. The second-order valence-corrected chi connectivity index (χ2v) is 17.1. The van der Waals surface area contributed by atoms with Crippen molar-refractivity contribution in [1.82, 2.24) is 20.9 Å². The molecule has 316 valence electrons. The quantitative estimate of drug-likeness (QED) is 0.126. The SMILES string of the molecule is Cc1ccc(NC(=O)NC2CCN(C(=O)c3ccc(S(N)(=O)=O)cc3)CC2)cc1.Cc1ccc(NC(=O)NC2CCNCC2)cc1.NS(=O)(=O)c1ccc(C(=O)O)cc1. The number of sulfonamides is 2. The number of carboxylic acid groups (broad SMARTS) is 1. The molecular weight excluding hydrogens is 801 g/mol. The Hall–Kier alpha value is -5.86. The number of aryl methyl sites for hydroxylation is 2. The van der Waals surface area contributed by atoms with Gasteiger partial charge in [0.15, 0.2) is 0 Å². The summed E-state index contributed by atoms with van der Waals surface area (Å²) in [6, 6.07) is 25.5. The molecular formula is C40H50N8O9S2. The Balaban J connectivity index is 0.000000216. The first-order valence-electron chi connectivity index (χ1n) is 18.6. The second kappa shape index (κ2) is 21.2. The van der Waals surface area contributed by atoms with Crippen LogP contribution in [0.1, 0.15) is 57.5 Å². The first-order valence-corrected chi connectivity index (χ1v) is 21.7. The molecule has 2 heterocycles. The Morgan fingerprint density at radius 3 is 1.34 bits per heavy atom. The van der Waals surface area contributed by atoms with E-state index >= 15 is 0 Å². The molecule has 6 rings (SSSR count). The molecule has 19 heteroatoms. The van der Waals surface area contributed by atoms with Crippen LogP contribution in [0.5, 0.6) is 0 Å². The highest BCUT2D eigenvalue weighted by atomic mass is 32.2. The second-order valence-electron chi connectivity index (χ2n) is 14.0. The third kappa shape index (κ3) is 15.4. The van der Waals surface area contributed by atoms with Crippen LogP contribution in [0.25, 0.3) is 0 Å². The van der Waals surface area contributed by atoms with Crippen LogP contribution in [0.2, 0.25) is 0 Å². The Labute approximate surface area is 344 Å². The molecule has 2 saturated heterocycles. The summed E-state index contributed by atoms with van der Waals surface area (Å²) in [6.45, 7) is 6.98. The number of amides is 5. The standard InChI is InChI=1S/C20H24N4O4S.C13H19N3O.C7H7NO4S/c1-14-2-6-16(7-3-14)22-20(26)23-17-10-12-24(13-11-17)19(25)15-4-8-18(9-5-15)29(21,27)28;1-10-2-4-11(5-3-10)15-13(17)16-12-6-8-14-9-7-12;8-13(11,12)6-3-1-5(2-4-6)7(9)10/h2-9,17H,10-13H2,1H3,(H2,21,27,28)(H2,22,23,26);2-5,12,14H,6-9H2,1H3,(H2,15,16,17);1-4H,(H,9,10)(H2,8,11,12). The van der Waals surface area contributed by atoms with E-state index in [0.717, 1.165) is 55.0 Å². The lowest BCUT2D eigenvalue weighted by Gasteiger charge is -2.32. The number of likely N-dealkylation sites (tertiary alicyclic amines) is 1. The van der Waals surface area contributed by atoms with E-state index in [4.69, 9.17) is 15.4 Å². The van der Waals surface area contributed by atoms with Gasteiger partial charge in [0.2, 0.25) is 20.0 Å². The fraction of sp³-hybridized carbons (Fsp3) is 0.300. The van der Waals surface area contributed by atoms with Crippen LogP contribution in [0.15, 0.2) is 107 Å². The maximum Gasteiger partial charge on any atom is 0.335 e. The fourth-order valence-corrected chi connectivity index (χ4v) is 6.96. The van der Waals surface area contributed by atoms with Crippen LogP contribution in [-0.2, 0) is 20.0 Å². The smallest absolute Gasteiger partial charge is 0.335 e. The molecule has 0 unspecified atom stereocenters. The molecule has 4 aromatic rings. The summed E-state index contributed by atoms with van der Waals surface area (Å²) >= 11 is 0. The summed E-state index contributed by atoms with van der Waals surface area (Å²) < 4.78 is 44.1. The predicted octanol–water partition coefficient (Wildman–Crippen LogP) is 3.97. The molecule has 2 fully saturated rings. The Morgan fingerprint density at radius 1 is 0.593 bits per heavy atom. The molecule has 0 bridgehead atoms. The number of hydrogen-bond donors (Lipinski definition) is 8. The number of carbonyl (C=O) groups excluding carboxylic acids is 3. The highest BCUT2D eigenvalue weighted by Gasteiger charge is 2.25. The van der Waals surface area contributed by atoms with Crippen molar-refractivity contribution in [3.8, 4) is 0 Å². The Morgan fingerprint density at radius 2 is 0.966 bits per heavy atom. The van der Waals surface area contributed by atoms with Gasteiger partial charge in [-0.05, 0) is 125 Å². The van der Waals surface area contributed by atoms with Gasteiger partial charge in [0.05, 0.1) is 15.4 Å². The minimum absolute atomic E-state index is 0.0192. The van der Waals surface area contributed by atoms with E-state index in [9.17, 15) is 36.0 Å². The summed E-state index contributed by atoms with van der Waals surface area (Å²) in [5.74, 6) is -1.28. The molecule has 5 amide bonds. The zero-order valence-corrected chi connectivity index (χ0v) is 34.3. The zero-order valence-electron chi connectivity index (χ0n) is 32.7. The van der Waals surface area contributed by atoms with Crippen LogP contribution in [-0.4, -0.2) is 89.0 Å². The van der Waals surface area contributed by atoms with Crippen molar-refractivity contribution >= 4 is 55.4 Å². The zero-order chi connectivity index (χ0) is 43.2. The highest BCUT2D eigenvalue weighted by molar-refractivity contribution is 7.89. The number of hydrogen-bond acceptors (Lipinski definition) is 9. The van der Waals surface area contributed by atoms with Crippen LogP contribution >= 0.6 is 0 Å². The number of nitrogens with zero attached hydrogens (tertiary/aromatic N) is 1. The van der Waals surface area contributed by atoms with Gasteiger partial charge in [0, 0.05) is 42.1 Å². The Kier molecular flexibility index (Phi) is 16.5. The number of primary sulfonamides is 2. The van der Waals surface area contributed by atoms with Crippen LogP contribution in [0.3, 0.4) is 0 Å². The molecule has 2 aliphatic heterocycles. The van der Waals surface area contributed by atoms with Crippen molar-refractivity contribution in [2.75, 3.05) is 36.8 Å². The van der Waals surface area contributed by atoms with Gasteiger partial charge in [-0.3, -0.25) is 4.79 Å². The number of rotatable bonds is 8. The summed E-state index contributed by atoms with van der Waals surface area (Å²) in [4.78, 5) is 48.4. The van der Waals surface area contributed by atoms with E-state index in [1.807, 2.05) is 62.4 Å². The third-order valence-electron chi connectivity index (χ3n) is 9.27. The monoisotopic (exact) mass is 850 g/mol. The van der Waals surface area contributed by atoms with Gasteiger partial charge < -0.3 is 36.6 Å². The highest BCUT2D eigenvalue weighted by Crippen LogP contribution is 2.17. The molecule has 59 heavy (non-hydrogen) atoms. The molecule has 0 spiro atoms. The van der Waals surface area contributed by atoms with Gasteiger partial charge >= 0.3 is 18.0 Å². The number of carbonyl (C=O) groups is 4. The van der Waals surface area contributed by atoms with Crippen LogP contribution < -0.4 is 36.9 Å². The van der Waals surface area contributed by atoms with Gasteiger partial charge in [-0.15, -0.1) is 0 Å². The number of aromatic carboxylic acids is 1. The average molecular weight is 851 g/mol. The van der Waals surface area contributed by atoms with E-state index in [-0.39, 0.29) is 39.4 Å². The van der Waals surface area contributed by atoms with Crippen LogP contribution in [0.4, 0.5) is 21.0 Å². The lowest BCUT2D eigenvalue weighted by molar-refractivity contribution is 0.0691. The van der Waals surface area contributed by atoms with E-state index in [2.05, 4.69) is 26.6 Å². The molecule has 17 nitrogen and oxygen atoms in total. The lowest BCUT2D eigenvalue weighted by Crippen LogP contribution is -2.47. The first kappa shape index (κ1) is 45.8. The van der Waals surface area contributed by atoms with Crippen molar-refractivity contribution in [2.24, 2.45) is 10.3 Å². The maximum absolute atomic E-state index is 12.6. The molecule has 4 aromatic carbocycles. The van der Waals surface area contributed by atoms with E-state index in [1.165, 1.54) is 42.0 Å². The van der Waals surface area contributed by atoms with Gasteiger partial charge in [0.25, 0.3) is 5.91 Å². The molecule has 0 aliphatic carbocycles. The molecule has 0 saturated carbocycles. The molecule has 0 atom stereocenters. The topological polar surface area (TPSA) is 272 Å². The van der Waals surface area contributed by atoms with E-state index < -0.39 is 26.0 Å². The molecule has 10 N–H and O–H groups in total. The third-order valence-corrected chi connectivity index (χ3v) is 11.1. The maximum atomic E-state index is 12.6. The number of anilines is 2. The molecule has 0 radical (unpaired) electrons. The Bertz CT molecular complexity index is 2260. The van der Waals surface area contributed by atoms with Crippen molar-refractivity contribution in [3.05, 3.63) is 119 Å². The first-order chi connectivity index (χ1) is 27.9. The summed E-state index contributed by atoms with van der Waals surface area (Å²) in [5.41, 5.74) is 4.29. The molecule has 2 aliphatic rings. The summed E-state index contributed by atoms with van der Waals surface area (Å²) in [7, 11) is -7.52. The lowest BCUT2D eigenvalue weighted by atomic mass is 10.0. The number of nitrogens with two attached hydrogens (primary N) is 2. The minimum Gasteiger partial charge on any atom is -0.478 e. The minimum atomic E-state index is -3.78. The van der Waals surface area contributed by atoms with Gasteiger partial charge in [-0.2, -0.15) is 0 Å². The number of carboxylic acids is 1. The van der Waals surface area contributed by atoms with Gasteiger partial charge in [0.1, 0.15) is 0 Å². The summed E-state index contributed by atoms with van der Waals surface area (Å²) in [5, 5.41) is 33.2. The van der Waals surface area contributed by atoms with Crippen molar-refractivity contribution in [3.63, 3.8) is 0 Å². The van der Waals surface area contributed by atoms with Crippen molar-refractivity contribution in [2.45, 2.75) is 61.4 Å². The number of piperidine rings is 2. The predicted molar refractivity (Wildman–Crippen MR) is 224 cm³/mol. The van der Waals surface area contributed by atoms with Gasteiger partial charge in [-0.25, -0.2) is 41.5 Å².